The molecule has 13 heavy (non-hydrogen) atoms. The first-order valence-corrected chi connectivity index (χ1v) is 4.31. The average Bonchev–Trinajstić information content (AvgIpc) is 2.41. The number of carbonyl (C=O) groups is 2. The summed E-state index contributed by atoms with van der Waals surface area (Å²) in [5, 5.41) is 0. The molecule has 0 amide bonds. The van der Waals surface area contributed by atoms with Crippen molar-refractivity contribution < 1.29 is 14.3 Å². The van der Waals surface area contributed by atoms with Crippen molar-refractivity contribution in [3.8, 4) is 12.3 Å². The lowest BCUT2D eigenvalue weighted by atomic mass is 9.94. The second-order valence-corrected chi connectivity index (χ2v) is 3.18. The number of carbonyl (C=O) groups excluding carboxylic acids is 2. The van der Waals surface area contributed by atoms with Crippen LogP contribution < -0.4 is 0 Å². The quantitative estimate of drug-likeness (QED) is 0.479. The Balaban J connectivity index is 2.48. The summed E-state index contributed by atoms with van der Waals surface area (Å²) in [7, 11) is 0. The molecule has 0 N–H and O–H groups in total. The number of rotatable bonds is 3. The summed E-state index contributed by atoms with van der Waals surface area (Å²) in [5.41, 5.74) is 0. The van der Waals surface area contributed by atoms with Crippen molar-refractivity contribution in [1.29, 1.82) is 0 Å². The maximum absolute atomic E-state index is 11.4. The lowest BCUT2D eigenvalue weighted by Gasteiger charge is -2.09. The first-order chi connectivity index (χ1) is 6.15. The highest BCUT2D eigenvalue weighted by Crippen LogP contribution is 2.23. The number of Topliss-reactive ketones (excluding diaryl/α,β-unsaturated/α-hetero) is 1. The predicted molar refractivity (Wildman–Crippen MR) is 46.7 cm³/mol. The van der Waals surface area contributed by atoms with Crippen molar-refractivity contribution >= 4 is 11.8 Å². The number of hydrogen-bond acceptors (Lipinski definition) is 3. The van der Waals surface area contributed by atoms with Gasteiger partial charge in [0, 0.05) is 12.8 Å². The van der Waals surface area contributed by atoms with Crippen LogP contribution in [0.2, 0.25) is 0 Å². The molecule has 2 unspecified atom stereocenters. The number of terminal acetylenes is 1. The summed E-state index contributed by atoms with van der Waals surface area (Å²) in [6, 6.07) is 0. The van der Waals surface area contributed by atoms with Crippen LogP contribution in [-0.4, -0.2) is 17.9 Å². The van der Waals surface area contributed by atoms with E-state index in [-0.39, 0.29) is 30.2 Å². The van der Waals surface area contributed by atoms with E-state index in [1.165, 1.54) is 0 Å². The van der Waals surface area contributed by atoms with Crippen LogP contribution in [0.25, 0.3) is 0 Å². The third kappa shape index (κ3) is 2.32. The molecule has 0 saturated carbocycles. The summed E-state index contributed by atoms with van der Waals surface area (Å²) in [6.07, 6.45) is 5.76. The first-order valence-electron chi connectivity index (χ1n) is 4.31. The lowest BCUT2D eigenvalue weighted by molar-refractivity contribution is -0.140. The number of hydrogen-bond donors (Lipinski definition) is 0. The van der Waals surface area contributed by atoms with E-state index in [1.54, 1.807) is 6.92 Å². The average molecular weight is 180 g/mol. The van der Waals surface area contributed by atoms with Crippen LogP contribution in [0.1, 0.15) is 26.2 Å². The zero-order valence-electron chi connectivity index (χ0n) is 7.58. The van der Waals surface area contributed by atoms with Crippen molar-refractivity contribution in [2.75, 3.05) is 0 Å². The van der Waals surface area contributed by atoms with Crippen molar-refractivity contribution in [3.05, 3.63) is 0 Å². The molecule has 0 bridgehead atoms. The van der Waals surface area contributed by atoms with E-state index >= 15 is 0 Å². The number of ketones is 1. The molecule has 1 aliphatic heterocycles. The Morgan fingerprint density at radius 1 is 1.77 bits per heavy atom. The standard InChI is InChI=1S/C10H12O3/c1-3-4-5-9(11)8-6-10(12)13-7(8)2/h1,7-8H,4-6H2,2H3. The van der Waals surface area contributed by atoms with E-state index in [4.69, 9.17) is 11.2 Å². The highest BCUT2D eigenvalue weighted by atomic mass is 16.5. The molecule has 0 aromatic heterocycles. The lowest BCUT2D eigenvalue weighted by Crippen LogP contribution is -2.21. The molecule has 3 heteroatoms. The van der Waals surface area contributed by atoms with E-state index in [2.05, 4.69) is 5.92 Å². The Hall–Kier alpha value is -1.30. The predicted octanol–water partition coefficient (Wildman–Crippen LogP) is 0.920. The summed E-state index contributed by atoms with van der Waals surface area (Å²) >= 11 is 0. The molecule has 2 atom stereocenters. The smallest absolute Gasteiger partial charge is 0.306 e. The number of cyclic esters (lactones) is 1. The summed E-state index contributed by atoms with van der Waals surface area (Å²) in [5.74, 6) is 1.88. The van der Waals surface area contributed by atoms with Gasteiger partial charge in [0.2, 0.25) is 0 Å². The second kappa shape index (κ2) is 4.08. The minimum atomic E-state index is -0.286. The second-order valence-electron chi connectivity index (χ2n) is 3.18. The SMILES string of the molecule is C#CCCC(=O)C1CC(=O)OC1C. The van der Waals surface area contributed by atoms with Gasteiger partial charge < -0.3 is 4.74 Å². The van der Waals surface area contributed by atoms with Crippen molar-refractivity contribution in [2.24, 2.45) is 5.92 Å². The van der Waals surface area contributed by atoms with Gasteiger partial charge in [-0.25, -0.2) is 0 Å². The molecule has 3 nitrogen and oxygen atoms in total. The Kier molecular flexibility index (Phi) is 3.07. The summed E-state index contributed by atoms with van der Waals surface area (Å²) in [4.78, 5) is 22.3. The normalized spacial score (nSPS) is 26.6. The van der Waals surface area contributed by atoms with Crippen LogP contribution in [0.15, 0.2) is 0 Å². The molecular weight excluding hydrogens is 168 g/mol. The van der Waals surface area contributed by atoms with E-state index in [1.807, 2.05) is 0 Å². The molecule has 0 radical (unpaired) electrons. The van der Waals surface area contributed by atoms with E-state index < -0.39 is 0 Å². The van der Waals surface area contributed by atoms with Gasteiger partial charge in [-0.2, -0.15) is 0 Å². The monoisotopic (exact) mass is 180 g/mol. The minimum absolute atomic E-state index is 0.0382. The van der Waals surface area contributed by atoms with Crippen LogP contribution in [0.3, 0.4) is 0 Å². The van der Waals surface area contributed by atoms with Gasteiger partial charge in [-0.15, -0.1) is 12.3 Å². The molecule has 0 aromatic rings. The zero-order valence-corrected chi connectivity index (χ0v) is 7.58. The molecule has 70 valence electrons. The fraction of sp³-hybridized carbons (Fsp3) is 0.600. The van der Waals surface area contributed by atoms with Crippen LogP contribution in [0.5, 0.6) is 0 Å². The third-order valence-corrected chi connectivity index (χ3v) is 2.20. The molecule has 1 aliphatic rings. The first kappa shape index (κ1) is 9.79. The number of esters is 1. The molecular formula is C10H12O3. The van der Waals surface area contributed by atoms with Gasteiger partial charge in [-0.3, -0.25) is 9.59 Å². The summed E-state index contributed by atoms with van der Waals surface area (Å²) in [6.45, 7) is 1.74. The van der Waals surface area contributed by atoms with Crippen molar-refractivity contribution in [2.45, 2.75) is 32.3 Å². The minimum Gasteiger partial charge on any atom is -0.462 e. The fourth-order valence-corrected chi connectivity index (χ4v) is 1.44. The molecule has 1 fully saturated rings. The Bertz CT molecular complexity index is 262. The van der Waals surface area contributed by atoms with Gasteiger partial charge >= 0.3 is 5.97 Å². The van der Waals surface area contributed by atoms with Gasteiger partial charge in [-0.1, -0.05) is 0 Å². The van der Waals surface area contributed by atoms with Gasteiger partial charge in [0.05, 0.1) is 12.3 Å². The largest absolute Gasteiger partial charge is 0.462 e. The molecule has 0 aromatic carbocycles. The van der Waals surface area contributed by atoms with Crippen LogP contribution in [-0.2, 0) is 14.3 Å². The Morgan fingerprint density at radius 2 is 2.46 bits per heavy atom. The molecule has 0 spiro atoms. The van der Waals surface area contributed by atoms with E-state index in [0.717, 1.165) is 0 Å². The maximum atomic E-state index is 11.4. The Morgan fingerprint density at radius 3 is 2.92 bits per heavy atom. The van der Waals surface area contributed by atoms with Gasteiger partial charge in [0.25, 0.3) is 0 Å². The molecule has 1 rings (SSSR count). The number of ether oxygens (including phenoxy) is 1. The van der Waals surface area contributed by atoms with Gasteiger partial charge in [0.15, 0.2) is 0 Å². The van der Waals surface area contributed by atoms with Gasteiger partial charge in [-0.05, 0) is 6.92 Å². The topological polar surface area (TPSA) is 43.4 Å². The molecule has 1 heterocycles. The molecule has 1 saturated heterocycles. The van der Waals surface area contributed by atoms with Crippen LogP contribution in [0.4, 0.5) is 0 Å². The molecule has 0 aliphatic carbocycles. The highest BCUT2D eigenvalue weighted by Gasteiger charge is 2.35. The zero-order chi connectivity index (χ0) is 9.84. The Labute approximate surface area is 77.5 Å². The van der Waals surface area contributed by atoms with Crippen LogP contribution >= 0.6 is 0 Å². The van der Waals surface area contributed by atoms with Crippen molar-refractivity contribution in [1.82, 2.24) is 0 Å². The highest BCUT2D eigenvalue weighted by molar-refractivity contribution is 5.88. The van der Waals surface area contributed by atoms with E-state index in [9.17, 15) is 9.59 Å². The van der Waals surface area contributed by atoms with E-state index in [0.29, 0.717) is 12.8 Å². The van der Waals surface area contributed by atoms with Gasteiger partial charge in [0.1, 0.15) is 11.9 Å². The van der Waals surface area contributed by atoms with Crippen molar-refractivity contribution in [3.63, 3.8) is 0 Å². The maximum Gasteiger partial charge on any atom is 0.306 e. The third-order valence-electron chi connectivity index (χ3n) is 2.20. The fourth-order valence-electron chi connectivity index (χ4n) is 1.44. The van der Waals surface area contributed by atoms with Crippen LogP contribution in [0, 0.1) is 18.3 Å². The summed E-state index contributed by atoms with van der Waals surface area (Å²) < 4.78 is 4.86.